The Morgan fingerprint density at radius 1 is 1.58 bits per heavy atom. The normalized spacial score (nSPS) is 14.1. The highest BCUT2D eigenvalue weighted by atomic mass is 35.6. The maximum absolute atomic E-state index is 10.3. The van der Waals surface area contributed by atoms with Gasteiger partial charge in [0.15, 0.2) is 0 Å². The maximum atomic E-state index is 10.3. The summed E-state index contributed by atoms with van der Waals surface area (Å²) < 4.78 is 2.81. The summed E-state index contributed by atoms with van der Waals surface area (Å²) in [4.78, 5) is 10.3. The minimum absolute atomic E-state index is 0.0460. The van der Waals surface area contributed by atoms with Crippen LogP contribution < -0.4 is 0 Å². The molecule has 0 fully saturated rings. The van der Waals surface area contributed by atoms with Crippen molar-refractivity contribution in [1.82, 2.24) is 0 Å². The van der Waals surface area contributed by atoms with Crippen molar-refractivity contribution in [3.05, 3.63) is 0 Å². The fourth-order valence-electron chi connectivity index (χ4n) is 0.478. The zero-order valence-corrected chi connectivity index (χ0v) is 8.66. The second kappa shape index (κ2) is 5.12. The van der Waals surface area contributed by atoms with Gasteiger partial charge in [-0.3, -0.25) is 4.79 Å². The highest BCUT2D eigenvalue weighted by Crippen LogP contribution is 2.31. The third kappa shape index (κ3) is 5.89. The third-order valence-electron chi connectivity index (χ3n) is 1.07. The molecule has 0 spiro atoms. The molecule has 0 saturated heterocycles. The van der Waals surface area contributed by atoms with Crippen LogP contribution in [0.25, 0.3) is 0 Å². The highest BCUT2D eigenvalue weighted by molar-refractivity contribution is 6.68. The van der Waals surface area contributed by atoms with E-state index in [-0.39, 0.29) is 13.0 Å². The summed E-state index contributed by atoms with van der Waals surface area (Å²) in [5, 5.41) is 9.11. The molecule has 0 aromatic heterocycles. The van der Waals surface area contributed by atoms with E-state index in [1.54, 1.807) is 0 Å². The topological polar surface area (TPSA) is 46.5 Å². The summed E-state index contributed by atoms with van der Waals surface area (Å²) in [5.74, 6) is -0.425. The first-order chi connectivity index (χ1) is 5.34. The second-order valence-corrected chi connectivity index (χ2v) is 4.56. The van der Waals surface area contributed by atoms with Gasteiger partial charge in [-0.25, -0.2) is 0 Å². The first-order valence-electron chi connectivity index (χ1n) is 3.22. The molecule has 12 heavy (non-hydrogen) atoms. The predicted molar refractivity (Wildman–Crippen MR) is 47.5 cm³/mol. The second-order valence-electron chi connectivity index (χ2n) is 2.19. The van der Waals surface area contributed by atoms with Gasteiger partial charge in [0.05, 0.1) is 6.61 Å². The highest BCUT2D eigenvalue weighted by Gasteiger charge is 2.30. The minimum atomic E-state index is -1.72. The lowest BCUT2D eigenvalue weighted by atomic mass is 10.3. The zero-order chi connectivity index (χ0) is 9.78. The van der Waals surface area contributed by atoms with E-state index in [9.17, 15) is 4.79 Å². The number of hydrogen-bond donors (Lipinski definition) is 1. The number of ether oxygens (including phenoxy) is 1. The first-order valence-corrected chi connectivity index (χ1v) is 4.35. The number of carbonyl (C=O) groups is 1. The molecule has 0 amide bonds. The van der Waals surface area contributed by atoms with Crippen molar-refractivity contribution in [1.29, 1.82) is 0 Å². The van der Waals surface area contributed by atoms with Crippen LogP contribution >= 0.6 is 34.8 Å². The van der Waals surface area contributed by atoms with Crippen molar-refractivity contribution < 1.29 is 14.6 Å². The Labute approximate surface area is 85.5 Å². The van der Waals surface area contributed by atoms with Gasteiger partial charge < -0.3 is 9.84 Å². The number of esters is 1. The van der Waals surface area contributed by atoms with Crippen molar-refractivity contribution in [2.75, 3.05) is 6.61 Å². The van der Waals surface area contributed by atoms with Crippen LogP contribution in [0.15, 0.2) is 0 Å². The third-order valence-corrected chi connectivity index (χ3v) is 1.83. The lowest BCUT2D eigenvalue weighted by Crippen LogP contribution is -2.26. The van der Waals surface area contributed by atoms with Crippen LogP contribution in [0.3, 0.4) is 0 Å². The molecule has 1 unspecified atom stereocenters. The van der Waals surface area contributed by atoms with E-state index in [2.05, 4.69) is 4.74 Å². The van der Waals surface area contributed by atoms with Gasteiger partial charge in [-0.15, -0.1) is 0 Å². The summed E-state index contributed by atoms with van der Waals surface area (Å²) >= 11 is 16.0. The van der Waals surface area contributed by atoms with E-state index >= 15 is 0 Å². The standard InChI is InChI=1S/C6H9Cl3O3/c1-4(10)12-3-2-5(11)6(7,8)9/h5,11H,2-3H2,1H3. The Bertz CT molecular complexity index is 155. The van der Waals surface area contributed by atoms with Crippen LogP contribution in [0.2, 0.25) is 0 Å². The number of hydrogen-bond acceptors (Lipinski definition) is 3. The molecule has 0 aromatic rings. The molecule has 72 valence electrons. The van der Waals surface area contributed by atoms with Crippen LogP contribution in [-0.2, 0) is 9.53 Å². The van der Waals surface area contributed by atoms with E-state index < -0.39 is 15.9 Å². The zero-order valence-electron chi connectivity index (χ0n) is 6.39. The summed E-state index contributed by atoms with van der Waals surface area (Å²) in [6.07, 6.45) is -1.02. The number of halogens is 3. The predicted octanol–water partition coefficient (Wildman–Crippen LogP) is 1.67. The smallest absolute Gasteiger partial charge is 0.302 e. The number of aliphatic hydroxyl groups is 1. The van der Waals surface area contributed by atoms with Gasteiger partial charge >= 0.3 is 5.97 Å². The quantitative estimate of drug-likeness (QED) is 0.598. The van der Waals surface area contributed by atoms with Gasteiger partial charge in [-0.2, -0.15) is 0 Å². The van der Waals surface area contributed by atoms with E-state index in [4.69, 9.17) is 39.9 Å². The molecule has 1 atom stereocenters. The van der Waals surface area contributed by atoms with Crippen LogP contribution in [0.5, 0.6) is 0 Å². The SMILES string of the molecule is CC(=O)OCCC(O)C(Cl)(Cl)Cl. The Hall–Kier alpha value is 0.300. The van der Waals surface area contributed by atoms with Gasteiger partial charge in [0.25, 0.3) is 0 Å². The van der Waals surface area contributed by atoms with E-state index in [0.29, 0.717) is 0 Å². The van der Waals surface area contributed by atoms with Crippen molar-refractivity contribution in [3.8, 4) is 0 Å². The molecule has 0 bridgehead atoms. The van der Waals surface area contributed by atoms with Gasteiger partial charge in [-0.1, -0.05) is 34.8 Å². The lowest BCUT2D eigenvalue weighted by molar-refractivity contribution is -0.141. The van der Waals surface area contributed by atoms with Crippen molar-refractivity contribution in [3.63, 3.8) is 0 Å². The van der Waals surface area contributed by atoms with Gasteiger partial charge in [0.2, 0.25) is 3.79 Å². The number of aliphatic hydroxyl groups excluding tert-OH is 1. The average Bonchev–Trinajstić information content (AvgIpc) is 1.84. The fraction of sp³-hybridized carbons (Fsp3) is 0.833. The number of rotatable bonds is 3. The van der Waals surface area contributed by atoms with Crippen LogP contribution in [0, 0.1) is 0 Å². The Balaban J connectivity index is 3.58. The van der Waals surface area contributed by atoms with Crippen LogP contribution in [0.4, 0.5) is 0 Å². The van der Waals surface area contributed by atoms with E-state index in [0.717, 1.165) is 0 Å². The summed E-state index contributed by atoms with van der Waals surface area (Å²) in [6.45, 7) is 1.31. The molecule has 0 aliphatic carbocycles. The monoisotopic (exact) mass is 234 g/mol. The number of alkyl halides is 3. The Kier molecular flexibility index (Phi) is 5.25. The Morgan fingerprint density at radius 3 is 2.42 bits per heavy atom. The van der Waals surface area contributed by atoms with Crippen LogP contribution in [0.1, 0.15) is 13.3 Å². The average molecular weight is 235 g/mol. The lowest BCUT2D eigenvalue weighted by Gasteiger charge is -2.17. The fourth-order valence-corrected chi connectivity index (χ4v) is 0.805. The molecular formula is C6H9Cl3O3. The van der Waals surface area contributed by atoms with Crippen molar-refractivity contribution in [2.45, 2.75) is 23.2 Å². The van der Waals surface area contributed by atoms with Crippen LogP contribution in [-0.4, -0.2) is 27.6 Å². The maximum Gasteiger partial charge on any atom is 0.302 e. The van der Waals surface area contributed by atoms with Gasteiger partial charge in [0.1, 0.15) is 6.10 Å². The summed E-state index contributed by atoms with van der Waals surface area (Å²) in [5.41, 5.74) is 0. The molecular weight excluding hydrogens is 226 g/mol. The molecule has 0 aliphatic heterocycles. The molecule has 0 rings (SSSR count). The summed E-state index contributed by atoms with van der Waals surface area (Å²) in [7, 11) is 0. The molecule has 0 saturated carbocycles. The molecule has 0 aliphatic rings. The van der Waals surface area contributed by atoms with Crippen molar-refractivity contribution in [2.24, 2.45) is 0 Å². The number of carbonyl (C=O) groups excluding carboxylic acids is 1. The molecule has 1 N–H and O–H groups in total. The van der Waals surface area contributed by atoms with Gasteiger partial charge in [0, 0.05) is 13.3 Å². The molecule has 0 heterocycles. The molecule has 0 aromatic carbocycles. The largest absolute Gasteiger partial charge is 0.466 e. The first kappa shape index (κ1) is 12.3. The molecule has 3 nitrogen and oxygen atoms in total. The van der Waals surface area contributed by atoms with E-state index in [1.807, 2.05) is 0 Å². The molecule has 6 heteroatoms. The summed E-state index contributed by atoms with van der Waals surface area (Å²) in [6, 6.07) is 0. The van der Waals surface area contributed by atoms with Crippen molar-refractivity contribution >= 4 is 40.8 Å². The van der Waals surface area contributed by atoms with Gasteiger partial charge in [-0.05, 0) is 0 Å². The molecule has 0 radical (unpaired) electrons. The Morgan fingerprint density at radius 2 is 2.08 bits per heavy atom. The minimum Gasteiger partial charge on any atom is -0.466 e. The van der Waals surface area contributed by atoms with E-state index in [1.165, 1.54) is 6.92 Å².